The number of aromatic nitrogens is 4. The minimum atomic E-state index is -1.62. The number of ether oxygens (including phenoxy) is 1. The zero-order chi connectivity index (χ0) is 40.7. The Morgan fingerprint density at radius 3 is 1.48 bits per heavy atom. The molecule has 5 heterocycles. The Labute approximate surface area is 329 Å². The summed E-state index contributed by atoms with van der Waals surface area (Å²) < 4.78 is 6.82. The monoisotopic (exact) mass is 784 g/mol. The molecular formula is C40H32N8O10-2. The van der Waals surface area contributed by atoms with E-state index in [-0.39, 0.29) is 72.6 Å². The van der Waals surface area contributed by atoms with E-state index >= 15 is 0 Å². The average Bonchev–Trinajstić information content (AvgIpc) is 4.02. The van der Waals surface area contributed by atoms with E-state index in [1.165, 1.54) is 49.1 Å². The van der Waals surface area contributed by atoms with Crippen LogP contribution in [0.25, 0.3) is 0 Å². The summed E-state index contributed by atoms with van der Waals surface area (Å²) in [5, 5.41) is 24.7. The van der Waals surface area contributed by atoms with Crippen molar-refractivity contribution in [2.75, 3.05) is 55.7 Å². The van der Waals surface area contributed by atoms with Crippen molar-refractivity contribution in [3.05, 3.63) is 131 Å². The lowest BCUT2D eigenvalue weighted by atomic mass is 10.0. The van der Waals surface area contributed by atoms with Crippen molar-refractivity contribution in [3.8, 4) is 0 Å². The summed E-state index contributed by atoms with van der Waals surface area (Å²) in [4.78, 5) is 106. The van der Waals surface area contributed by atoms with Gasteiger partial charge in [0.25, 0.3) is 29.5 Å². The first-order chi connectivity index (χ1) is 28.0. The van der Waals surface area contributed by atoms with E-state index in [2.05, 4.69) is 9.97 Å². The summed E-state index contributed by atoms with van der Waals surface area (Å²) in [7, 11) is 0. The second kappa shape index (κ2) is 15.2. The van der Waals surface area contributed by atoms with Crippen molar-refractivity contribution < 1.29 is 48.5 Å². The van der Waals surface area contributed by atoms with Crippen LogP contribution in [-0.2, 0) is 9.53 Å². The van der Waals surface area contributed by atoms with Crippen molar-refractivity contribution in [1.82, 2.24) is 28.9 Å². The summed E-state index contributed by atoms with van der Waals surface area (Å²) in [6.45, 7) is -0.479. The maximum atomic E-state index is 13.6. The highest BCUT2D eigenvalue weighted by molar-refractivity contribution is 6.22. The summed E-state index contributed by atoms with van der Waals surface area (Å²) in [6, 6.07) is 19.3. The Morgan fingerprint density at radius 2 is 1.09 bits per heavy atom. The van der Waals surface area contributed by atoms with Gasteiger partial charge in [-0.2, -0.15) is 0 Å². The van der Waals surface area contributed by atoms with Crippen LogP contribution in [0.3, 0.4) is 0 Å². The van der Waals surface area contributed by atoms with Crippen molar-refractivity contribution in [2.24, 2.45) is 0 Å². The normalized spacial score (nSPS) is 16.1. The number of carbonyl (C=O) groups is 7. The molecule has 0 bridgehead atoms. The number of rotatable bonds is 12. The van der Waals surface area contributed by atoms with Crippen LogP contribution in [0.15, 0.2) is 97.6 Å². The van der Waals surface area contributed by atoms with Crippen molar-refractivity contribution in [1.29, 1.82) is 0 Å². The van der Waals surface area contributed by atoms with Gasteiger partial charge < -0.3 is 34.3 Å². The number of hydrogen-bond acceptors (Lipinski definition) is 13. The highest BCUT2D eigenvalue weighted by Gasteiger charge is 2.40. The van der Waals surface area contributed by atoms with Crippen molar-refractivity contribution in [3.63, 3.8) is 0 Å². The molecule has 8 rings (SSSR count). The van der Waals surface area contributed by atoms with Gasteiger partial charge in [-0.3, -0.25) is 42.9 Å². The molecule has 1 fully saturated rings. The number of carbonyl (C=O) groups excluding carboxylic acids is 7. The first-order valence-electron chi connectivity index (χ1n) is 18.1. The average molecular weight is 785 g/mol. The van der Waals surface area contributed by atoms with Gasteiger partial charge in [-0.15, -0.1) is 0 Å². The number of anilines is 2. The first kappa shape index (κ1) is 37.5. The lowest BCUT2D eigenvalue weighted by Gasteiger charge is -2.35. The molecule has 294 valence electrons. The zero-order valence-electron chi connectivity index (χ0n) is 30.5. The molecule has 5 aromatic rings. The Hall–Kier alpha value is -7.47. The number of morpholine rings is 1. The minimum Gasteiger partial charge on any atom is -0.529 e. The largest absolute Gasteiger partial charge is 0.529 e. The van der Waals surface area contributed by atoms with Crippen LogP contribution < -0.4 is 20.0 Å². The van der Waals surface area contributed by atoms with Crippen molar-refractivity contribution >= 4 is 53.1 Å². The van der Waals surface area contributed by atoms with Crippen LogP contribution >= 0.6 is 0 Å². The van der Waals surface area contributed by atoms with Gasteiger partial charge in [-0.1, -0.05) is 24.3 Å². The minimum absolute atomic E-state index is 0.0646. The summed E-state index contributed by atoms with van der Waals surface area (Å²) in [5.41, 5.74) is 1.72. The Bertz CT molecular complexity index is 2290. The number of imidazole rings is 2. The van der Waals surface area contributed by atoms with E-state index < -0.39 is 47.7 Å². The molecule has 3 aromatic carbocycles. The molecule has 0 aliphatic carbocycles. The summed E-state index contributed by atoms with van der Waals surface area (Å²) in [5.74, 6) is -4.82. The quantitative estimate of drug-likeness (QED) is 0.160. The molecule has 5 amide bonds. The van der Waals surface area contributed by atoms with Crippen LogP contribution in [-0.4, -0.2) is 117 Å². The van der Waals surface area contributed by atoms with Gasteiger partial charge in [0.2, 0.25) is 0 Å². The first-order valence-corrected chi connectivity index (χ1v) is 18.1. The van der Waals surface area contributed by atoms with Crippen LogP contribution in [0.1, 0.15) is 64.9 Å². The molecule has 58 heavy (non-hydrogen) atoms. The van der Waals surface area contributed by atoms with Gasteiger partial charge in [0.1, 0.15) is 30.4 Å². The van der Waals surface area contributed by atoms with E-state index in [0.717, 1.165) is 18.9 Å². The van der Waals surface area contributed by atoms with Crippen molar-refractivity contribution in [2.45, 2.75) is 11.8 Å². The molecule has 18 nitrogen and oxygen atoms in total. The second-order valence-electron chi connectivity index (χ2n) is 13.8. The van der Waals surface area contributed by atoms with Gasteiger partial charge >= 0.3 is 0 Å². The van der Waals surface area contributed by atoms with Crippen LogP contribution in [0.5, 0.6) is 0 Å². The topological polar surface area (TPSA) is 223 Å². The third-order valence-electron chi connectivity index (χ3n) is 10.4. The van der Waals surface area contributed by atoms with Gasteiger partial charge in [-0.25, -0.2) is 9.97 Å². The molecule has 2 aromatic heterocycles. The summed E-state index contributed by atoms with van der Waals surface area (Å²) in [6.07, 6.45) is 1.57. The number of benzene rings is 3. The molecule has 0 spiro atoms. The maximum absolute atomic E-state index is 13.6. The second-order valence-corrected chi connectivity index (χ2v) is 13.8. The van der Waals surface area contributed by atoms with E-state index in [4.69, 9.17) is 4.74 Å². The van der Waals surface area contributed by atoms with Gasteiger partial charge in [0.15, 0.2) is 0 Å². The molecule has 1 saturated heterocycles. The zero-order valence-corrected chi connectivity index (χ0v) is 30.5. The summed E-state index contributed by atoms with van der Waals surface area (Å²) >= 11 is 0. The third-order valence-corrected chi connectivity index (χ3v) is 10.4. The molecule has 3 aliphatic heterocycles. The van der Waals surface area contributed by atoms with Gasteiger partial charge in [-0.05, 0) is 48.5 Å². The van der Waals surface area contributed by atoms with E-state index in [1.54, 1.807) is 58.3 Å². The fourth-order valence-corrected chi connectivity index (χ4v) is 7.69. The maximum Gasteiger partial charge on any atom is 0.261 e. The molecule has 0 radical (unpaired) electrons. The Balaban J connectivity index is 1.21. The number of carboxylic acid groups (broad SMARTS) is 2. The number of imide groups is 2. The smallest absolute Gasteiger partial charge is 0.261 e. The lowest BCUT2D eigenvalue weighted by Crippen LogP contribution is -2.44. The molecule has 3 aliphatic rings. The highest BCUT2D eigenvalue weighted by Crippen LogP contribution is 2.32. The van der Waals surface area contributed by atoms with Gasteiger partial charge in [0, 0.05) is 68.9 Å². The Kier molecular flexibility index (Phi) is 9.83. The van der Waals surface area contributed by atoms with Crippen LogP contribution in [0, 0.1) is 0 Å². The molecule has 2 atom stereocenters. The van der Waals surface area contributed by atoms with E-state index in [1.807, 2.05) is 0 Å². The number of amides is 5. The predicted molar refractivity (Wildman–Crippen MR) is 197 cm³/mol. The van der Waals surface area contributed by atoms with Crippen LogP contribution in [0.2, 0.25) is 0 Å². The highest BCUT2D eigenvalue weighted by atomic mass is 16.5. The van der Waals surface area contributed by atoms with Crippen LogP contribution in [0.4, 0.5) is 21.0 Å². The van der Waals surface area contributed by atoms with E-state index in [9.17, 15) is 43.8 Å². The third kappa shape index (κ3) is 6.74. The number of hydrogen-bond donors (Lipinski definition) is 0. The molecule has 1 unspecified atom stereocenters. The lowest BCUT2D eigenvalue weighted by molar-refractivity contribution is -0.251. The SMILES string of the molecule is O=C1c2ccccc2C(=O)N1CC(CN(C[C@H](CN1C(=O)c2ccccc2C1=O)c1nccn1C(=O)[O-])c1ccc(N2CCOCC2=O)cc1)c1nccn1C(=O)[O-]. The standard InChI is InChI=1S/C40H34N8O10/c49-32-23-58-18-17-44(32)27-11-9-26(10-12-27)43(19-24(33-41-13-15-45(33)39(54)55)21-47-35(50)28-5-1-2-6-29(28)36(47)51)20-25(34-42-14-16-46(34)40(56)57)22-48-37(52)30-7-3-4-8-31(30)38(48)53/h1-16,24-25H,17-23H2,(H,54,55)(H,56,57)/p-2/t24-,25?/m1/s1. The molecule has 0 saturated carbocycles. The number of nitrogens with zero attached hydrogens (tertiary/aromatic N) is 8. The van der Waals surface area contributed by atoms with Gasteiger partial charge in [0.05, 0.1) is 40.7 Å². The molecule has 0 N–H and O–H groups in total. The predicted octanol–water partition coefficient (Wildman–Crippen LogP) is 0.792. The molecule has 18 heteroatoms. The fourth-order valence-electron chi connectivity index (χ4n) is 7.69. The fraction of sp³-hybridized carbons (Fsp3) is 0.225. The number of fused-ring (bicyclic) bond motifs is 2. The van der Waals surface area contributed by atoms with E-state index in [0.29, 0.717) is 24.5 Å². The molecular weight excluding hydrogens is 752 g/mol. The Morgan fingerprint density at radius 1 is 0.655 bits per heavy atom.